The molecular weight excluding hydrogens is 454 g/mol. The van der Waals surface area contributed by atoms with E-state index >= 15 is 0 Å². The molecule has 2 aromatic heterocycles. The predicted octanol–water partition coefficient (Wildman–Crippen LogP) is 4.30. The molecule has 1 fully saturated rings. The topological polar surface area (TPSA) is 106 Å². The zero-order valence-electron chi connectivity index (χ0n) is 20.0. The zero-order valence-corrected chi connectivity index (χ0v) is 20.0. The number of amides is 2. The Kier molecular flexibility index (Phi) is 5.17. The minimum absolute atomic E-state index is 0.257. The first-order valence-electron chi connectivity index (χ1n) is 12.1. The molecule has 1 aliphatic heterocycles. The van der Waals surface area contributed by atoms with Gasteiger partial charge in [-0.2, -0.15) is 5.10 Å². The third kappa shape index (κ3) is 3.84. The van der Waals surface area contributed by atoms with Crippen LogP contribution in [0.2, 0.25) is 0 Å². The van der Waals surface area contributed by atoms with Crippen molar-refractivity contribution in [3.05, 3.63) is 89.4 Å². The lowest BCUT2D eigenvalue weighted by Crippen LogP contribution is -2.27. The lowest BCUT2D eigenvalue weighted by Gasteiger charge is -2.13. The van der Waals surface area contributed by atoms with Gasteiger partial charge in [-0.3, -0.25) is 4.79 Å². The molecule has 8 heteroatoms. The number of allylic oxidation sites excluding steroid dienone is 1. The van der Waals surface area contributed by atoms with Gasteiger partial charge in [0.15, 0.2) is 5.69 Å². The molecule has 0 saturated carbocycles. The molecule has 1 aliphatic carbocycles. The van der Waals surface area contributed by atoms with Gasteiger partial charge in [-0.25, -0.2) is 9.48 Å². The number of benzene rings is 2. The number of carboxylic acid groups (broad SMARTS) is 1. The SMILES string of the molecule is Cc1cc(C(N)=O)nn1-c1ccc2c(ccn2Cc2ccc(C3=C[C@@H]4CN(C(=O)O)C[C@@H]4C3)cc2)c1. The van der Waals surface area contributed by atoms with Crippen LogP contribution >= 0.6 is 0 Å². The Morgan fingerprint density at radius 1 is 1.08 bits per heavy atom. The van der Waals surface area contributed by atoms with Crippen LogP contribution in [0.25, 0.3) is 22.2 Å². The van der Waals surface area contributed by atoms with Crippen molar-refractivity contribution in [2.45, 2.75) is 19.9 Å². The maximum absolute atomic E-state index is 11.5. The number of hydrogen-bond donors (Lipinski definition) is 2. The Labute approximate surface area is 208 Å². The molecule has 2 atom stereocenters. The van der Waals surface area contributed by atoms with Gasteiger partial charge >= 0.3 is 6.09 Å². The number of aromatic nitrogens is 3. The maximum Gasteiger partial charge on any atom is 0.407 e. The van der Waals surface area contributed by atoms with Crippen molar-refractivity contribution < 1.29 is 14.7 Å². The number of rotatable bonds is 5. The smallest absolute Gasteiger partial charge is 0.407 e. The highest BCUT2D eigenvalue weighted by Crippen LogP contribution is 2.41. The summed E-state index contributed by atoms with van der Waals surface area (Å²) in [4.78, 5) is 24.2. The number of carbonyl (C=O) groups excluding carboxylic acids is 1. The van der Waals surface area contributed by atoms with Crippen molar-refractivity contribution in [1.29, 1.82) is 0 Å². The van der Waals surface area contributed by atoms with Crippen LogP contribution < -0.4 is 5.73 Å². The van der Waals surface area contributed by atoms with Gasteiger partial charge in [0, 0.05) is 42.4 Å². The summed E-state index contributed by atoms with van der Waals surface area (Å²) >= 11 is 0. The number of likely N-dealkylation sites (tertiary alicyclic amines) is 1. The Morgan fingerprint density at radius 2 is 1.89 bits per heavy atom. The fourth-order valence-corrected chi connectivity index (χ4v) is 5.61. The summed E-state index contributed by atoms with van der Waals surface area (Å²) in [5, 5.41) is 14.7. The molecule has 2 aromatic carbocycles. The first kappa shape index (κ1) is 22.2. The number of aryl methyl sites for hydroxylation is 1. The Morgan fingerprint density at radius 3 is 2.58 bits per heavy atom. The van der Waals surface area contributed by atoms with Gasteiger partial charge in [0.2, 0.25) is 0 Å². The van der Waals surface area contributed by atoms with E-state index in [2.05, 4.69) is 64.4 Å². The monoisotopic (exact) mass is 481 g/mol. The molecule has 0 spiro atoms. The van der Waals surface area contributed by atoms with Crippen LogP contribution in [0.4, 0.5) is 4.79 Å². The van der Waals surface area contributed by atoms with Gasteiger partial charge in [0.1, 0.15) is 0 Å². The van der Waals surface area contributed by atoms with E-state index in [0.717, 1.165) is 35.2 Å². The molecule has 8 nitrogen and oxygen atoms in total. The first-order chi connectivity index (χ1) is 17.4. The molecule has 182 valence electrons. The summed E-state index contributed by atoms with van der Waals surface area (Å²) in [6.45, 7) is 3.90. The van der Waals surface area contributed by atoms with Gasteiger partial charge in [-0.15, -0.1) is 0 Å². The van der Waals surface area contributed by atoms with Crippen molar-refractivity contribution >= 4 is 28.5 Å². The second-order valence-electron chi connectivity index (χ2n) is 9.84. The highest BCUT2D eigenvalue weighted by molar-refractivity contribution is 5.91. The molecule has 0 bridgehead atoms. The molecule has 6 rings (SSSR count). The molecule has 2 aliphatic rings. The van der Waals surface area contributed by atoms with Crippen LogP contribution in [0.15, 0.2) is 66.9 Å². The first-order valence-corrected chi connectivity index (χ1v) is 12.1. The maximum atomic E-state index is 11.5. The Balaban J connectivity index is 1.18. The molecule has 2 amide bonds. The van der Waals surface area contributed by atoms with Crippen molar-refractivity contribution in [2.75, 3.05) is 13.1 Å². The second kappa shape index (κ2) is 8.41. The van der Waals surface area contributed by atoms with E-state index in [0.29, 0.717) is 24.9 Å². The fourth-order valence-electron chi connectivity index (χ4n) is 5.61. The average Bonchev–Trinajstić information content (AvgIpc) is 3.62. The van der Waals surface area contributed by atoms with Crippen molar-refractivity contribution in [1.82, 2.24) is 19.2 Å². The highest BCUT2D eigenvalue weighted by atomic mass is 16.4. The van der Waals surface area contributed by atoms with Crippen LogP contribution in [-0.2, 0) is 6.54 Å². The number of primary amides is 1. The van der Waals surface area contributed by atoms with Gasteiger partial charge in [-0.05, 0) is 72.2 Å². The van der Waals surface area contributed by atoms with E-state index in [1.807, 2.05) is 13.0 Å². The Hall–Kier alpha value is -4.33. The lowest BCUT2D eigenvalue weighted by molar-refractivity contribution is 0.0995. The van der Waals surface area contributed by atoms with Gasteiger partial charge in [0.25, 0.3) is 5.91 Å². The van der Waals surface area contributed by atoms with Gasteiger partial charge in [0.05, 0.1) is 5.69 Å². The number of fused-ring (bicyclic) bond motifs is 2. The van der Waals surface area contributed by atoms with E-state index in [-0.39, 0.29) is 5.69 Å². The van der Waals surface area contributed by atoms with Crippen LogP contribution in [0, 0.1) is 18.8 Å². The van der Waals surface area contributed by atoms with Crippen LogP contribution in [0.3, 0.4) is 0 Å². The number of nitrogens with two attached hydrogens (primary N) is 1. The van der Waals surface area contributed by atoms with Crippen LogP contribution in [-0.4, -0.2) is 49.4 Å². The molecule has 0 radical (unpaired) electrons. The standard InChI is InChI=1S/C28H27N5O3/c1-17-10-25(27(29)34)30-33(17)24-6-7-26-20(13-24)8-9-31(26)14-18-2-4-19(5-3-18)21-11-22-15-32(28(35)36)16-23(22)12-21/h2-11,13,22-23H,12,14-16H2,1H3,(H2,29,34)(H,35,36)/t22-,23+/m1/s1. The largest absolute Gasteiger partial charge is 0.465 e. The predicted molar refractivity (Wildman–Crippen MR) is 137 cm³/mol. The minimum atomic E-state index is -0.814. The van der Waals surface area contributed by atoms with Crippen molar-refractivity contribution in [3.8, 4) is 5.69 Å². The van der Waals surface area contributed by atoms with Gasteiger partial charge in [-0.1, -0.05) is 30.3 Å². The quantitative estimate of drug-likeness (QED) is 0.443. The van der Waals surface area contributed by atoms with E-state index in [4.69, 9.17) is 5.73 Å². The minimum Gasteiger partial charge on any atom is -0.465 e. The normalized spacial score (nSPS) is 19.0. The molecule has 3 N–H and O–H groups in total. The average molecular weight is 482 g/mol. The number of hydrogen-bond acceptors (Lipinski definition) is 3. The molecule has 4 aromatic rings. The summed E-state index contributed by atoms with van der Waals surface area (Å²) in [5.41, 5.74) is 12.3. The molecule has 3 heterocycles. The highest BCUT2D eigenvalue weighted by Gasteiger charge is 2.38. The molecule has 0 unspecified atom stereocenters. The number of nitrogens with zero attached hydrogens (tertiary/aromatic N) is 4. The van der Waals surface area contributed by atoms with Crippen molar-refractivity contribution in [3.63, 3.8) is 0 Å². The number of carbonyl (C=O) groups is 2. The lowest BCUT2D eigenvalue weighted by atomic mass is 9.98. The zero-order chi connectivity index (χ0) is 25.0. The van der Waals surface area contributed by atoms with Crippen LogP contribution in [0.1, 0.15) is 33.7 Å². The third-order valence-electron chi connectivity index (χ3n) is 7.48. The molecular formula is C28H27N5O3. The van der Waals surface area contributed by atoms with E-state index < -0.39 is 12.0 Å². The summed E-state index contributed by atoms with van der Waals surface area (Å²) in [5.74, 6) is 0.201. The van der Waals surface area contributed by atoms with E-state index in [1.54, 1.807) is 10.7 Å². The summed E-state index contributed by atoms with van der Waals surface area (Å²) in [6, 6.07) is 18.6. The van der Waals surface area contributed by atoms with Crippen molar-refractivity contribution in [2.24, 2.45) is 17.6 Å². The molecule has 1 saturated heterocycles. The second-order valence-corrected chi connectivity index (χ2v) is 9.84. The molecule has 36 heavy (non-hydrogen) atoms. The van der Waals surface area contributed by atoms with E-state index in [1.165, 1.54) is 21.6 Å². The summed E-state index contributed by atoms with van der Waals surface area (Å²) in [6.07, 6.45) is 4.48. The van der Waals surface area contributed by atoms with E-state index in [9.17, 15) is 14.7 Å². The Bertz CT molecular complexity index is 1530. The fraction of sp³-hybridized carbons (Fsp3) is 0.250. The van der Waals surface area contributed by atoms with Crippen LogP contribution in [0.5, 0.6) is 0 Å². The van der Waals surface area contributed by atoms with Gasteiger partial charge < -0.3 is 20.3 Å². The summed E-state index contributed by atoms with van der Waals surface area (Å²) in [7, 11) is 0. The summed E-state index contributed by atoms with van der Waals surface area (Å²) < 4.78 is 3.96. The third-order valence-corrected chi connectivity index (χ3v) is 7.48.